The number of thioether (sulfide) groups is 1. The van der Waals surface area contributed by atoms with E-state index >= 15 is 0 Å². The Morgan fingerprint density at radius 3 is 2.74 bits per heavy atom. The summed E-state index contributed by atoms with van der Waals surface area (Å²) in [6.45, 7) is -1.18. The molecule has 0 radical (unpaired) electrons. The molecule has 0 bridgehead atoms. The number of hydrogen-bond acceptors (Lipinski definition) is 6. The van der Waals surface area contributed by atoms with Crippen LogP contribution in [0.15, 0.2) is 10.3 Å². The highest BCUT2D eigenvalue weighted by Gasteiger charge is 2.31. The third-order valence-corrected chi connectivity index (χ3v) is 5.15. The molecule has 1 aliphatic carbocycles. The number of hydrogen-bond donors (Lipinski definition) is 0. The summed E-state index contributed by atoms with van der Waals surface area (Å²) in [5, 5.41) is 14.7. The summed E-state index contributed by atoms with van der Waals surface area (Å²) in [7, 11) is 0. The van der Waals surface area contributed by atoms with Crippen LogP contribution in [0.2, 0.25) is 0 Å². The van der Waals surface area contributed by atoms with Gasteiger partial charge in [0.25, 0.3) is 0 Å². The highest BCUT2D eigenvalue weighted by molar-refractivity contribution is 7.99. The standard InChI is InChI=1S/C13H18F3N5OS/c14-13(15,16)8-21-12(17-19-20-21)23-7-10-6-11(18-22-10)9-4-2-1-3-5-9/h9-10H,1-8H2/t10-/m1/s1. The van der Waals surface area contributed by atoms with Gasteiger partial charge in [0.2, 0.25) is 5.16 Å². The largest absolute Gasteiger partial charge is 0.408 e. The van der Waals surface area contributed by atoms with Crippen molar-refractivity contribution in [2.75, 3.05) is 5.75 Å². The van der Waals surface area contributed by atoms with Gasteiger partial charge in [-0.3, -0.25) is 0 Å². The molecular formula is C13H18F3N5OS. The van der Waals surface area contributed by atoms with Gasteiger partial charge < -0.3 is 4.84 Å². The van der Waals surface area contributed by atoms with Gasteiger partial charge in [-0.1, -0.05) is 36.2 Å². The first-order chi connectivity index (χ1) is 11.0. The van der Waals surface area contributed by atoms with E-state index in [0.717, 1.165) is 29.7 Å². The zero-order chi connectivity index (χ0) is 16.3. The van der Waals surface area contributed by atoms with Crippen molar-refractivity contribution in [2.24, 2.45) is 11.1 Å². The number of nitrogens with zero attached hydrogens (tertiary/aromatic N) is 5. The molecule has 2 heterocycles. The third-order valence-electron chi connectivity index (χ3n) is 4.06. The summed E-state index contributed by atoms with van der Waals surface area (Å²) < 4.78 is 38.1. The van der Waals surface area contributed by atoms with Gasteiger partial charge >= 0.3 is 6.18 Å². The number of alkyl halides is 3. The zero-order valence-electron chi connectivity index (χ0n) is 12.5. The molecule has 128 valence electrons. The topological polar surface area (TPSA) is 65.2 Å². The SMILES string of the molecule is FC(F)(F)Cn1nnnc1SC[C@H]1CC(C2CCCCC2)=NO1. The van der Waals surface area contributed by atoms with Gasteiger partial charge in [0.15, 0.2) is 0 Å². The van der Waals surface area contributed by atoms with Gasteiger partial charge in [-0.15, -0.1) is 5.10 Å². The van der Waals surface area contributed by atoms with Crippen LogP contribution in [0.4, 0.5) is 13.2 Å². The number of aromatic nitrogens is 4. The van der Waals surface area contributed by atoms with E-state index in [-0.39, 0.29) is 11.3 Å². The van der Waals surface area contributed by atoms with Crippen molar-refractivity contribution < 1.29 is 18.0 Å². The molecule has 10 heteroatoms. The van der Waals surface area contributed by atoms with Crippen molar-refractivity contribution >= 4 is 17.5 Å². The van der Waals surface area contributed by atoms with E-state index < -0.39 is 12.7 Å². The van der Waals surface area contributed by atoms with E-state index in [9.17, 15) is 13.2 Å². The van der Waals surface area contributed by atoms with Crippen molar-refractivity contribution in [1.82, 2.24) is 20.2 Å². The van der Waals surface area contributed by atoms with Crippen LogP contribution < -0.4 is 0 Å². The minimum atomic E-state index is -4.34. The molecule has 1 aliphatic heterocycles. The van der Waals surface area contributed by atoms with Gasteiger partial charge in [0.05, 0.1) is 5.71 Å². The van der Waals surface area contributed by atoms with E-state index in [4.69, 9.17) is 4.84 Å². The minimum absolute atomic E-state index is 0.118. The average molecular weight is 349 g/mol. The van der Waals surface area contributed by atoms with Crippen LogP contribution in [-0.2, 0) is 11.4 Å². The Labute approximate surface area is 135 Å². The molecule has 0 saturated heterocycles. The second-order valence-corrected chi connectivity index (χ2v) is 6.88. The van der Waals surface area contributed by atoms with Crippen LogP contribution in [0.5, 0.6) is 0 Å². The fourth-order valence-electron chi connectivity index (χ4n) is 2.95. The van der Waals surface area contributed by atoms with Crippen molar-refractivity contribution in [1.29, 1.82) is 0 Å². The number of halogens is 3. The molecule has 1 fully saturated rings. The first kappa shape index (κ1) is 16.5. The molecule has 6 nitrogen and oxygen atoms in total. The Bertz CT molecular complexity index is 556. The van der Waals surface area contributed by atoms with Crippen LogP contribution in [-0.4, -0.2) is 44.0 Å². The molecule has 3 rings (SSSR count). The molecule has 1 atom stereocenters. The summed E-state index contributed by atoms with van der Waals surface area (Å²) in [4.78, 5) is 5.42. The van der Waals surface area contributed by atoms with Gasteiger partial charge in [-0.2, -0.15) is 13.2 Å². The summed E-state index contributed by atoms with van der Waals surface area (Å²) in [5.41, 5.74) is 1.10. The number of oxime groups is 1. The second-order valence-electron chi connectivity index (χ2n) is 5.89. The predicted molar refractivity (Wildman–Crippen MR) is 78.1 cm³/mol. The first-order valence-corrected chi connectivity index (χ1v) is 8.68. The monoisotopic (exact) mass is 349 g/mol. The van der Waals surface area contributed by atoms with Crippen molar-refractivity contribution in [3.8, 4) is 0 Å². The molecule has 2 aliphatic rings. The summed E-state index contributed by atoms with van der Waals surface area (Å²) in [6, 6.07) is 0. The van der Waals surface area contributed by atoms with E-state index in [1.165, 1.54) is 31.0 Å². The number of tetrazole rings is 1. The zero-order valence-corrected chi connectivity index (χ0v) is 13.3. The van der Waals surface area contributed by atoms with E-state index in [1.807, 2.05) is 0 Å². The molecule has 1 aromatic rings. The lowest BCUT2D eigenvalue weighted by Gasteiger charge is -2.20. The van der Waals surface area contributed by atoms with Gasteiger partial charge in [0.1, 0.15) is 12.6 Å². The fraction of sp³-hybridized carbons (Fsp3) is 0.846. The lowest BCUT2D eigenvalue weighted by Crippen LogP contribution is -2.21. The van der Waals surface area contributed by atoms with Gasteiger partial charge in [0, 0.05) is 18.1 Å². The van der Waals surface area contributed by atoms with Crippen LogP contribution >= 0.6 is 11.8 Å². The molecule has 0 spiro atoms. The van der Waals surface area contributed by atoms with Crippen LogP contribution in [0, 0.1) is 5.92 Å². The fourth-order valence-corrected chi connectivity index (χ4v) is 3.81. The van der Waals surface area contributed by atoms with Crippen molar-refractivity contribution in [2.45, 2.75) is 62.5 Å². The third kappa shape index (κ3) is 4.58. The highest BCUT2D eigenvalue weighted by atomic mass is 32.2. The van der Waals surface area contributed by atoms with Crippen molar-refractivity contribution in [3.05, 3.63) is 0 Å². The summed E-state index contributed by atoms with van der Waals surface area (Å²) in [6.07, 6.45) is 2.35. The van der Waals surface area contributed by atoms with Gasteiger partial charge in [-0.25, -0.2) is 4.68 Å². The Balaban J connectivity index is 1.48. The van der Waals surface area contributed by atoms with Crippen LogP contribution in [0.1, 0.15) is 38.5 Å². The lowest BCUT2D eigenvalue weighted by atomic mass is 9.84. The highest BCUT2D eigenvalue weighted by Crippen LogP contribution is 2.31. The Morgan fingerprint density at radius 1 is 1.22 bits per heavy atom. The number of rotatable bonds is 5. The van der Waals surface area contributed by atoms with E-state index in [2.05, 4.69) is 20.7 Å². The predicted octanol–water partition coefficient (Wildman–Crippen LogP) is 3.05. The molecule has 1 aromatic heterocycles. The molecule has 0 aromatic carbocycles. The maximum Gasteiger partial charge on any atom is 0.408 e. The quantitative estimate of drug-likeness (QED) is 0.765. The average Bonchev–Trinajstić information content (AvgIpc) is 3.14. The summed E-state index contributed by atoms with van der Waals surface area (Å²) >= 11 is 1.17. The molecule has 0 amide bonds. The first-order valence-electron chi connectivity index (χ1n) is 7.69. The Morgan fingerprint density at radius 2 is 2.00 bits per heavy atom. The van der Waals surface area contributed by atoms with Crippen molar-refractivity contribution in [3.63, 3.8) is 0 Å². The van der Waals surface area contributed by atoms with Crippen LogP contribution in [0.25, 0.3) is 0 Å². The summed E-state index contributed by atoms with van der Waals surface area (Å²) in [5.74, 6) is 0.993. The maximum atomic E-state index is 12.4. The normalized spacial score (nSPS) is 22.9. The van der Waals surface area contributed by atoms with Crippen LogP contribution in [0.3, 0.4) is 0 Å². The minimum Gasteiger partial charge on any atom is -0.391 e. The maximum absolute atomic E-state index is 12.4. The lowest BCUT2D eigenvalue weighted by molar-refractivity contribution is -0.144. The molecule has 23 heavy (non-hydrogen) atoms. The van der Waals surface area contributed by atoms with Gasteiger partial charge in [-0.05, 0) is 23.3 Å². The smallest absolute Gasteiger partial charge is 0.391 e. The van der Waals surface area contributed by atoms with E-state index in [0.29, 0.717) is 11.7 Å². The van der Waals surface area contributed by atoms with E-state index in [1.54, 1.807) is 0 Å². The Hall–Kier alpha value is -1.32. The molecule has 0 unspecified atom stereocenters. The second kappa shape index (κ2) is 7.06. The Kier molecular flexibility index (Phi) is 5.08. The molecule has 0 N–H and O–H groups in total. The molecule has 1 saturated carbocycles. The molecular weight excluding hydrogens is 331 g/mol.